The molecule has 4 rings (SSSR count). The first-order chi connectivity index (χ1) is 11.8. The Morgan fingerprint density at radius 1 is 1.29 bits per heavy atom. The largest absolute Gasteiger partial charge is 0.444 e. The van der Waals surface area contributed by atoms with Gasteiger partial charge in [-0.25, -0.2) is 9.97 Å². The van der Waals surface area contributed by atoms with Gasteiger partial charge in [-0.3, -0.25) is 0 Å². The standard InChI is InChI=1S/C17H17N5OS/c1-22-7-6-16-14(10-22)20-17(24-16)9-19-21-13-4-2-12(3-5-13)15-8-18-11-23-15/h2-5,8,11H,6-7,9-10H2,1H3. The van der Waals surface area contributed by atoms with Crippen molar-refractivity contribution in [2.45, 2.75) is 19.5 Å². The second-order valence-corrected chi connectivity index (χ2v) is 6.95. The maximum atomic E-state index is 5.27. The zero-order chi connectivity index (χ0) is 16.4. The van der Waals surface area contributed by atoms with Crippen LogP contribution in [-0.4, -0.2) is 28.5 Å². The average Bonchev–Trinajstić information content (AvgIpc) is 3.24. The molecule has 0 saturated carbocycles. The summed E-state index contributed by atoms with van der Waals surface area (Å²) >= 11 is 1.76. The lowest BCUT2D eigenvalue weighted by atomic mass is 10.2. The highest BCUT2D eigenvalue weighted by Gasteiger charge is 2.17. The molecule has 7 heteroatoms. The Kier molecular flexibility index (Phi) is 4.18. The van der Waals surface area contributed by atoms with Crippen LogP contribution in [0.1, 0.15) is 15.6 Å². The summed E-state index contributed by atoms with van der Waals surface area (Å²) in [6, 6.07) is 7.74. The van der Waals surface area contributed by atoms with Crippen molar-refractivity contribution in [1.29, 1.82) is 0 Å². The van der Waals surface area contributed by atoms with Crippen LogP contribution in [0, 0.1) is 0 Å². The maximum Gasteiger partial charge on any atom is 0.181 e. The topological polar surface area (TPSA) is 66.9 Å². The molecule has 3 heterocycles. The Bertz CT molecular complexity index is 839. The van der Waals surface area contributed by atoms with Gasteiger partial charge in [0, 0.05) is 23.5 Å². The molecule has 0 bridgehead atoms. The molecule has 0 atom stereocenters. The van der Waals surface area contributed by atoms with Crippen LogP contribution in [-0.2, 0) is 19.5 Å². The summed E-state index contributed by atoms with van der Waals surface area (Å²) in [5.41, 5.74) is 3.00. The molecule has 1 aliphatic rings. The molecule has 0 spiro atoms. The molecule has 1 aliphatic heterocycles. The number of aromatic nitrogens is 2. The molecule has 0 amide bonds. The number of hydrogen-bond acceptors (Lipinski definition) is 7. The molecule has 0 unspecified atom stereocenters. The van der Waals surface area contributed by atoms with Gasteiger partial charge in [0.25, 0.3) is 0 Å². The van der Waals surface area contributed by atoms with E-state index in [0.29, 0.717) is 6.54 Å². The number of azo groups is 1. The normalized spacial score (nSPS) is 15.0. The summed E-state index contributed by atoms with van der Waals surface area (Å²) in [5.74, 6) is 0.747. The highest BCUT2D eigenvalue weighted by Crippen LogP contribution is 2.26. The molecule has 0 radical (unpaired) electrons. The zero-order valence-corrected chi connectivity index (χ0v) is 14.2. The van der Waals surface area contributed by atoms with E-state index in [1.54, 1.807) is 17.5 Å². The highest BCUT2D eigenvalue weighted by atomic mass is 32.1. The van der Waals surface area contributed by atoms with E-state index in [9.17, 15) is 0 Å². The molecule has 24 heavy (non-hydrogen) atoms. The molecule has 2 aromatic heterocycles. The van der Waals surface area contributed by atoms with Crippen molar-refractivity contribution in [3.8, 4) is 11.3 Å². The molecule has 0 saturated heterocycles. The first-order valence-electron chi connectivity index (χ1n) is 7.80. The SMILES string of the molecule is CN1CCc2sc(CN=Nc3ccc(-c4cnco4)cc3)nc2C1. The summed E-state index contributed by atoms with van der Waals surface area (Å²) < 4.78 is 5.27. The van der Waals surface area contributed by atoms with Gasteiger partial charge in [-0.2, -0.15) is 10.2 Å². The molecular weight excluding hydrogens is 322 g/mol. The van der Waals surface area contributed by atoms with Crippen molar-refractivity contribution >= 4 is 17.0 Å². The Balaban J connectivity index is 1.41. The van der Waals surface area contributed by atoms with E-state index in [-0.39, 0.29) is 0 Å². The number of benzene rings is 1. The van der Waals surface area contributed by atoms with Crippen LogP contribution in [0.15, 0.2) is 51.5 Å². The van der Waals surface area contributed by atoms with Crippen LogP contribution in [0.5, 0.6) is 0 Å². The summed E-state index contributed by atoms with van der Waals surface area (Å²) in [6.07, 6.45) is 4.20. The number of likely N-dealkylation sites (N-methyl/N-ethyl adjacent to an activating group) is 1. The highest BCUT2D eigenvalue weighted by molar-refractivity contribution is 7.11. The lowest BCUT2D eigenvalue weighted by molar-refractivity contribution is 0.310. The van der Waals surface area contributed by atoms with Crippen LogP contribution in [0.4, 0.5) is 5.69 Å². The van der Waals surface area contributed by atoms with Crippen molar-refractivity contribution < 1.29 is 4.42 Å². The number of nitrogens with zero attached hydrogens (tertiary/aromatic N) is 5. The van der Waals surface area contributed by atoms with Crippen LogP contribution in [0.25, 0.3) is 11.3 Å². The van der Waals surface area contributed by atoms with Gasteiger partial charge < -0.3 is 9.32 Å². The summed E-state index contributed by atoms with van der Waals surface area (Å²) in [4.78, 5) is 12.3. The smallest absolute Gasteiger partial charge is 0.181 e. The molecule has 0 aliphatic carbocycles. The minimum Gasteiger partial charge on any atom is -0.444 e. The van der Waals surface area contributed by atoms with Crippen LogP contribution in [0.3, 0.4) is 0 Å². The molecule has 6 nitrogen and oxygen atoms in total. The van der Waals surface area contributed by atoms with Gasteiger partial charge in [0.05, 0.1) is 17.6 Å². The Morgan fingerprint density at radius 3 is 2.96 bits per heavy atom. The van der Waals surface area contributed by atoms with Crippen molar-refractivity contribution in [2.24, 2.45) is 10.2 Å². The van der Waals surface area contributed by atoms with Crippen LogP contribution >= 0.6 is 11.3 Å². The van der Waals surface area contributed by atoms with E-state index in [2.05, 4.69) is 32.1 Å². The summed E-state index contributed by atoms with van der Waals surface area (Å²) in [6.45, 7) is 2.57. The fraction of sp³-hybridized carbons (Fsp3) is 0.294. The average molecular weight is 339 g/mol. The maximum absolute atomic E-state index is 5.27. The van der Waals surface area contributed by atoms with E-state index in [4.69, 9.17) is 4.42 Å². The predicted octanol–water partition coefficient (Wildman–Crippen LogP) is 4.07. The number of rotatable bonds is 4. The van der Waals surface area contributed by atoms with Crippen LogP contribution in [0.2, 0.25) is 0 Å². The van der Waals surface area contributed by atoms with Gasteiger partial charge in [0.1, 0.15) is 11.6 Å². The lowest BCUT2D eigenvalue weighted by Gasteiger charge is -2.20. The van der Waals surface area contributed by atoms with Crippen molar-refractivity contribution in [2.75, 3.05) is 13.6 Å². The molecular formula is C17H17N5OS. The van der Waals surface area contributed by atoms with Gasteiger partial charge in [-0.15, -0.1) is 11.3 Å². The van der Waals surface area contributed by atoms with E-state index >= 15 is 0 Å². The van der Waals surface area contributed by atoms with E-state index in [1.165, 1.54) is 17.0 Å². The van der Waals surface area contributed by atoms with Gasteiger partial charge in [-0.1, -0.05) is 0 Å². The van der Waals surface area contributed by atoms with E-state index in [0.717, 1.165) is 41.5 Å². The third-order valence-corrected chi connectivity index (χ3v) is 5.08. The van der Waals surface area contributed by atoms with E-state index < -0.39 is 0 Å². The monoisotopic (exact) mass is 339 g/mol. The Labute approximate surface area is 143 Å². The fourth-order valence-corrected chi connectivity index (χ4v) is 3.66. The molecule has 0 fully saturated rings. The van der Waals surface area contributed by atoms with Gasteiger partial charge >= 0.3 is 0 Å². The Hall–Kier alpha value is -2.38. The molecule has 0 N–H and O–H groups in total. The minimum atomic E-state index is 0.533. The van der Waals surface area contributed by atoms with Crippen molar-refractivity contribution in [3.63, 3.8) is 0 Å². The van der Waals surface area contributed by atoms with Gasteiger partial charge in [0.2, 0.25) is 0 Å². The van der Waals surface area contributed by atoms with Crippen molar-refractivity contribution in [1.82, 2.24) is 14.9 Å². The van der Waals surface area contributed by atoms with Gasteiger partial charge in [0.15, 0.2) is 12.2 Å². The summed E-state index contributed by atoms with van der Waals surface area (Å²) in [5, 5.41) is 9.61. The molecule has 122 valence electrons. The fourth-order valence-electron chi connectivity index (χ4n) is 2.68. The predicted molar refractivity (Wildman–Crippen MR) is 92.3 cm³/mol. The molecule has 3 aromatic rings. The lowest BCUT2D eigenvalue weighted by Crippen LogP contribution is -2.25. The Morgan fingerprint density at radius 2 is 2.17 bits per heavy atom. The second kappa shape index (κ2) is 6.62. The molecule has 1 aromatic carbocycles. The van der Waals surface area contributed by atoms with Crippen molar-refractivity contribution in [3.05, 3.63) is 52.4 Å². The number of oxazole rings is 1. The van der Waals surface area contributed by atoms with Gasteiger partial charge in [-0.05, 0) is 37.7 Å². The second-order valence-electron chi connectivity index (χ2n) is 5.78. The third kappa shape index (κ3) is 3.27. The third-order valence-electron chi connectivity index (χ3n) is 3.94. The number of thiazole rings is 1. The number of hydrogen-bond donors (Lipinski definition) is 0. The first-order valence-corrected chi connectivity index (χ1v) is 8.62. The first kappa shape index (κ1) is 15.2. The summed E-state index contributed by atoms with van der Waals surface area (Å²) in [7, 11) is 2.13. The number of fused-ring (bicyclic) bond motifs is 1. The quantitative estimate of drug-likeness (QED) is 0.672. The zero-order valence-electron chi connectivity index (χ0n) is 13.3. The minimum absolute atomic E-state index is 0.533. The van der Waals surface area contributed by atoms with E-state index in [1.807, 2.05) is 24.3 Å². The van der Waals surface area contributed by atoms with Crippen LogP contribution < -0.4 is 0 Å².